The van der Waals surface area contributed by atoms with Crippen molar-refractivity contribution in [2.24, 2.45) is 0 Å². The number of hydrogen-bond donors (Lipinski definition) is 1. The fourth-order valence-electron chi connectivity index (χ4n) is 2.82. The van der Waals surface area contributed by atoms with E-state index < -0.39 is 0 Å². The predicted molar refractivity (Wildman–Crippen MR) is 84.2 cm³/mol. The van der Waals surface area contributed by atoms with Crippen LogP contribution in [0.15, 0.2) is 24.3 Å². The van der Waals surface area contributed by atoms with Gasteiger partial charge in [-0.25, -0.2) is 0 Å². The second-order valence-corrected chi connectivity index (χ2v) is 5.61. The Balaban J connectivity index is 1.98. The molecule has 0 spiro atoms. The van der Waals surface area contributed by atoms with Gasteiger partial charge >= 0.3 is 0 Å². The zero-order valence-corrected chi connectivity index (χ0v) is 12.9. The van der Waals surface area contributed by atoms with Gasteiger partial charge in [-0.1, -0.05) is 26.0 Å². The molecular weight excluding hydrogens is 248 g/mol. The molecule has 0 aliphatic carbocycles. The van der Waals surface area contributed by atoms with E-state index in [1.165, 1.54) is 24.9 Å². The number of nitrogens with one attached hydrogen (secondary N) is 1. The highest BCUT2D eigenvalue weighted by Gasteiger charge is 2.21. The van der Waals surface area contributed by atoms with Crippen molar-refractivity contribution in [2.45, 2.75) is 45.7 Å². The van der Waals surface area contributed by atoms with Crippen LogP contribution in [0.2, 0.25) is 0 Å². The minimum absolute atomic E-state index is 0.690. The molecule has 1 N–H and O–H groups in total. The molecule has 1 fully saturated rings. The summed E-state index contributed by atoms with van der Waals surface area (Å²) in [5.74, 6) is 1.00. The lowest BCUT2D eigenvalue weighted by molar-refractivity contribution is 0.199. The van der Waals surface area contributed by atoms with E-state index in [9.17, 15) is 0 Å². The lowest BCUT2D eigenvalue weighted by Gasteiger charge is -2.28. The van der Waals surface area contributed by atoms with Crippen LogP contribution in [0, 0.1) is 0 Å². The summed E-state index contributed by atoms with van der Waals surface area (Å²) in [6, 6.07) is 9.26. The molecule has 1 aromatic rings. The van der Waals surface area contributed by atoms with Crippen LogP contribution in [0.5, 0.6) is 5.75 Å². The molecule has 2 rings (SSSR count). The third kappa shape index (κ3) is 4.50. The highest BCUT2D eigenvalue weighted by atomic mass is 16.5. The molecular formula is C17H28N2O. The summed E-state index contributed by atoms with van der Waals surface area (Å²) in [7, 11) is 0. The lowest BCUT2D eigenvalue weighted by Crippen LogP contribution is -2.36. The molecule has 0 radical (unpaired) electrons. The first-order chi connectivity index (χ1) is 9.83. The maximum Gasteiger partial charge on any atom is 0.119 e. The maximum absolute atomic E-state index is 5.73. The SMILES string of the molecule is CCCOc1cccc(CN(CCC)C2CCNC2)c1. The Labute approximate surface area is 123 Å². The number of nitrogens with zero attached hydrogens (tertiary/aromatic N) is 1. The Kier molecular flexibility index (Phi) is 6.34. The van der Waals surface area contributed by atoms with Gasteiger partial charge in [0.25, 0.3) is 0 Å². The highest BCUT2D eigenvalue weighted by Crippen LogP contribution is 2.18. The number of rotatable bonds is 8. The van der Waals surface area contributed by atoms with Crippen molar-refractivity contribution >= 4 is 0 Å². The van der Waals surface area contributed by atoms with Crippen LogP contribution in [-0.2, 0) is 6.54 Å². The fraction of sp³-hybridized carbons (Fsp3) is 0.647. The largest absolute Gasteiger partial charge is 0.494 e. The van der Waals surface area contributed by atoms with E-state index in [1.54, 1.807) is 0 Å². The number of benzene rings is 1. The van der Waals surface area contributed by atoms with Crippen molar-refractivity contribution in [3.05, 3.63) is 29.8 Å². The summed E-state index contributed by atoms with van der Waals surface area (Å²) in [5.41, 5.74) is 1.36. The standard InChI is InChI=1S/C17H28N2O/c1-3-10-19(16-8-9-18-13-16)14-15-6-5-7-17(12-15)20-11-4-2/h5-7,12,16,18H,3-4,8-11,13-14H2,1-2H3. The quantitative estimate of drug-likeness (QED) is 0.790. The van der Waals surface area contributed by atoms with Crippen LogP contribution in [-0.4, -0.2) is 37.2 Å². The number of ether oxygens (including phenoxy) is 1. The van der Waals surface area contributed by atoms with E-state index in [2.05, 4.69) is 48.3 Å². The first-order valence-electron chi connectivity index (χ1n) is 8.00. The van der Waals surface area contributed by atoms with Crippen LogP contribution in [0.3, 0.4) is 0 Å². The highest BCUT2D eigenvalue weighted by molar-refractivity contribution is 5.28. The fourth-order valence-corrected chi connectivity index (χ4v) is 2.82. The minimum atomic E-state index is 0.690. The van der Waals surface area contributed by atoms with E-state index in [0.717, 1.165) is 38.4 Å². The Morgan fingerprint density at radius 1 is 1.30 bits per heavy atom. The van der Waals surface area contributed by atoms with Gasteiger partial charge in [-0.15, -0.1) is 0 Å². The predicted octanol–water partition coefficient (Wildman–Crippen LogP) is 3.05. The normalized spacial score (nSPS) is 18.6. The molecule has 1 aliphatic heterocycles. The first kappa shape index (κ1) is 15.3. The smallest absolute Gasteiger partial charge is 0.119 e. The average molecular weight is 276 g/mol. The molecule has 112 valence electrons. The van der Waals surface area contributed by atoms with Crippen LogP contribution in [0.4, 0.5) is 0 Å². The van der Waals surface area contributed by atoms with E-state index >= 15 is 0 Å². The molecule has 1 aliphatic rings. The Hall–Kier alpha value is -1.06. The molecule has 0 aromatic heterocycles. The van der Waals surface area contributed by atoms with E-state index in [-0.39, 0.29) is 0 Å². The van der Waals surface area contributed by atoms with Gasteiger partial charge < -0.3 is 10.1 Å². The average Bonchev–Trinajstić information content (AvgIpc) is 2.99. The molecule has 1 atom stereocenters. The van der Waals surface area contributed by atoms with Gasteiger partial charge in [-0.3, -0.25) is 4.90 Å². The topological polar surface area (TPSA) is 24.5 Å². The van der Waals surface area contributed by atoms with Gasteiger partial charge in [0.1, 0.15) is 5.75 Å². The van der Waals surface area contributed by atoms with Crippen molar-refractivity contribution < 1.29 is 4.74 Å². The van der Waals surface area contributed by atoms with Gasteiger partial charge in [-0.05, 0) is 50.0 Å². The van der Waals surface area contributed by atoms with Gasteiger partial charge in [-0.2, -0.15) is 0 Å². The van der Waals surface area contributed by atoms with Crippen LogP contribution < -0.4 is 10.1 Å². The molecule has 20 heavy (non-hydrogen) atoms. The summed E-state index contributed by atoms with van der Waals surface area (Å²) in [6.45, 7) is 9.69. The summed E-state index contributed by atoms with van der Waals surface area (Å²) < 4.78 is 5.73. The lowest BCUT2D eigenvalue weighted by atomic mass is 10.1. The van der Waals surface area contributed by atoms with Crippen molar-refractivity contribution in [1.29, 1.82) is 0 Å². The van der Waals surface area contributed by atoms with E-state index in [1.807, 2.05) is 0 Å². The van der Waals surface area contributed by atoms with E-state index in [4.69, 9.17) is 4.74 Å². The van der Waals surface area contributed by atoms with Gasteiger partial charge in [0.2, 0.25) is 0 Å². The van der Waals surface area contributed by atoms with Crippen LogP contribution in [0.1, 0.15) is 38.7 Å². The molecule has 3 nitrogen and oxygen atoms in total. The first-order valence-corrected chi connectivity index (χ1v) is 8.00. The Morgan fingerprint density at radius 2 is 2.20 bits per heavy atom. The van der Waals surface area contributed by atoms with E-state index in [0.29, 0.717) is 6.04 Å². The monoisotopic (exact) mass is 276 g/mol. The zero-order valence-electron chi connectivity index (χ0n) is 12.9. The van der Waals surface area contributed by atoms with Crippen molar-refractivity contribution in [2.75, 3.05) is 26.2 Å². The summed E-state index contributed by atoms with van der Waals surface area (Å²) in [4.78, 5) is 2.61. The van der Waals surface area contributed by atoms with Crippen LogP contribution in [0.25, 0.3) is 0 Å². The third-order valence-corrected chi connectivity index (χ3v) is 3.82. The molecule has 0 amide bonds. The van der Waals surface area contributed by atoms with Crippen molar-refractivity contribution in [3.63, 3.8) is 0 Å². The van der Waals surface area contributed by atoms with Crippen molar-refractivity contribution in [1.82, 2.24) is 10.2 Å². The minimum Gasteiger partial charge on any atom is -0.494 e. The van der Waals surface area contributed by atoms with Crippen LogP contribution >= 0.6 is 0 Å². The molecule has 1 saturated heterocycles. The molecule has 1 unspecified atom stereocenters. The molecule has 1 heterocycles. The zero-order chi connectivity index (χ0) is 14.2. The molecule has 3 heteroatoms. The third-order valence-electron chi connectivity index (χ3n) is 3.82. The number of hydrogen-bond acceptors (Lipinski definition) is 3. The Bertz CT molecular complexity index is 388. The van der Waals surface area contributed by atoms with Gasteiger partial charge in [0.15, 0.2) is 0 Å². The summed E-state index contributed by atoms with van der Waals surface area (Å²) in [6.07, 6.45) is 3.54. The molecule has 1 aromatic carbocycles. The molecule has 0 saturated carbocycles. The molecule has 0 bridgehead atoms. The van der Waals surface area contributed by atoms with Crippen molar-refractivity contribution in [3.8, 4) is 5.75 Å². The van der Waals surface area contributed by atoms with Gasteiger partial charge in [0, 0.05) is 19.1 Å². The Morgan fingerprint density at radius 3 is 2.90 bits per heavy atom. The summed E-state index contributed by atoms with van der Waals surface area (Å²) >= 11 is 0. The second kappa shape index (κ2) is 8.28. The van der Waals surface area contributed by atoms with Gasteiger partial charge in [0.05, 0.1) is 6.61 Å². The maximum atomic E-state index is 5.73. The second-order valence-electron chi connectivity index (χ2n) is 5.61. The summed E-state index contributed by atoms with van der Waals surface area (Å²) in [5, 5.41) is 3.47.